The number of alkyl halides is 3. The van der Waals surface area contributed by atoms with Crippen LogP contribution >= 0.6 is 0 Å². The summed E-state index contributed by atoms with van der Waals surface area (Å²) in [6.45, 7) is 1.64. The molecular formula is C10H13F5O2. The fraction of sp³-hybridized carbons (Fsp3) is 0.700. The monoisotopic (exact) mass is 260 g/mol. The molecule has 0 radical (unpaired) electrons. The maximum absolute atomic E-state index is 12.0. The molecule has 0 saturated heterocycles. The minimum Gasteiger partial charge on any atom is -0.462 e. The number of hydrogen-bond acceptors (Lipinski definition) is 2. The van der Waals surface area contributed by atoms with Crippen molar-refractivity contribution in [1.29, 1.82) is 0 Å². The lowest BCUT2D eigenvalue weighted by Gasteiger charge is -2.10. The fourth-order valence-electron chi connectivity index (χ4n) is 1.07. The first-order valence-electron chi connectivity index (χ1n) is 5.10. The summed E-state index contributed by atoms with van der Waals surface area (Å²) in [7, 11) is 0. The van der Waals surface area contributed by atoms with Gasteiger partial charge in [0.2, 0.25) is 5.57 Å². The number of carbonyl (C=O) groups is 1. The molecule has 0 heterocycles. The molecule has 0 atom stereocenters. The molecule has 0 N–H and O–H groups in total. The quantitative estimate of drug-likeness (QED) is 0.314. The summed E-state index contributed by atoms with van der Waals surface area (Å²) in [6, 6.07) is 0. The molecule has 2 nitrogen and oxygen atoms in total. The van der Waals surface area contributed by atoms with E-state index in [0.29, 0.717) is 12.8 Å². The van der Waals surface area contributed by atoms with Crippen LogP contribution in [-0.2, 0) is 9.53 Å². The van der Waals surface area contributed by atoms with Crippen LogP contribution in [0.1, 0.15) is 32.6 Å². The highest BCUT2D eigenvalue weighted by Gasteiger charge is 2.44. The molecule has 0 saturated carbocycles. The second-order valence-corrected chi connectivity index (χ2v) is 3.33. The molecule has 0 fully saturated rings. The topological polar surface area (TPSA) is 26.3 Å². The Bertz CT molecular complexity index is 279. The van der Waals surface area contributed by atoms with Crippen molar-refractivity contribution in [3.05, 3.63) is 11.7 Å². The van der Waals surface area contributed by atoms with Gasteiger partial charge in [-0.25, -0.2) is 4.79 Å². The van der Waals surface area contributed by atoms with Crippen LogP contribution in [0.15, 0.2) is 11.7 Å². The zero-order chi connectivity index (χ0) is 13.5. The second kappa shape index (κ2) is 7.24. The number of esters is 1. The molecule has 7 heteroatoms. The molecule has 0 spiro atoms. The molecule has 0 unspecified atom stereocenters. The van der Waals surface area contributed by atoms with E-state index in [4.69, 9.17) is 0 Å². The summed E-state index contributed by atoms with van der Waals surface area (Å²) in [5.41, 5.74) is -2.52. The summed E-state index contributed by atoms with van der Waals surface area (Å²) in [4.78, 5) is 10.8. The third-order valence-electron chi connectivity index (χ3n) is 1.91. The molecule has 0 aliphatic rings. The lowest BCUT2D eigenvalue weighted by Crippen LogP contribution is -2.23. The van der Waals surface area contributed by atoms with E-state index in [1.54, 1.807) is 0 Å². The van der Waals surface area contributed by atoms with Gasteiger partial charge in [0, 0.05) is 0 Å². The van der Waals surface area contributed by atoms with Crippen LogP contribution < -0.4 is 0 Å². The number of rotatable bonds is 6. The minimum atomic E-state index is -5.39. The van der Waals surface area contributed by atoms with Gasteiger partial charge in [-0.2, -0.15) is 22.0 Å². The van der Waals surface area contributed by atoms with Crippen LogP contribution in [0.5, 0.6) is 0 Å². The normalized spacial score (nSPS) is 11.2. The lowest BCUT2D eigenvalue weighted by molar-refractivity contribution is -0.152. The van der Waals surface area contributed by atoms with Crippen molar-refractivity contribution in [2.75, 3.05) is 6.61 Å². The Morgan fingerprint density at radius 1 is 1.12 bits per heavy atom. The first-order chi connectivity index (χ1) is 7.80. The van der Waals surface area contributed by atoms with Crippen LogP contribution in [-0.4, -0.2) is 18.8 Å². The van der Waals surface area contributed by atoms with Crippen LogP contribution in [0, 0.1) is 0 Å². The third kappa shape index (κ3) is 6.23. The summed E-state index contributed by atoms with van der Waals surface area (Å²) < 4.78 is 64.0. The number of halogens is 5. The second-order valence-electron chi connectivity index (χ2n) is 3.33. The average molecular weight is 260 g/mol. The van der Waals surface area contributed by atoms with Gasteiger partial charge in [0.15, 0.2) is 0 Å². The van der Waals surface area contributed by atoms with E-state index in [-0.39, 0.29) is 6.61 Å². The van der Waals surface area contributed by atoms with Crippen LogP contribution in [0.3, 0.4) is 0 Å². The minimum absolute atomic E-state index is 0.286. The predicted molar refractivity (Wildman–Crippen MR) is 50.4 cm³/mol. The zero-order valence-electron chi connectivity index (χ0n) is 9.24. The Balaban J connectivity index is 4.25. The van der Waals surface area contributed by atoms with Gasteiger partial charge in [-0.05, 0) is 6.42 Å². The van der Waals surface area contributed by atoms with E-state index in [9.17, 15) is 26.7 Å². The molecule has 0 aromatic rings. The Morgan fingerprint density at radius 2 is 1.71 bits per heavy atom. The van der Waals surface area contributed by atoms with E-state index in [2.05, 4.69) is 4.74 Å². The van der Waals surface area contributed by atoms with Crippen molar-refractivity contribution in [2.45, 2.75) is 38.8 Å². The van der Waals surface area contributed by atoms with Gasteiger partial charge >= 0.3 is 12.1 Å². The summed E-state index contributed by atoms with van der Waals surface area (Å²) in [5, 5.41) is 0. The molecule has 0 aliphatic heterocycles. The van der Waals surface area contributed by atoms with E-state index in [0.717, 1.165) is 12.8 Å². The first-order valence-corrected chi connectivity index (χ1v) is 5.10. The van der Waals surface area contributed by atoms with E-state index >= 15 is 0 Å². The summed E-state index contributed by atoms with van der Waals surface area (Å²) >= 11 is 0. The maximum atomic E-state index is 12.0. The van der Waals surface area contributed by atoms with Gasteiger partial charge in [0.1, 0.15) is 0 Å². The van der Waals surface area contributed by atoms with Gasteiger partial charge < -0.3 is 4.74 Å². The molecule has 17 heavy (non-hydrogen) atoms. The van der Waals surface area contributed by atoms with Crippen molar-refractivity contribution < 1.29 is 31.5 Å². The Morgan fingerprint density at radius 3 is 2.12 bits per heavy atom. The number of carbonyl (C=O) groups excluding carboxylic acids is 1. The molecule has 0 aromatic carbocycles. The first kappa shape index (κ1) is 15.9. The van der Waals surface area contributed by atoms with Gasteiger partial charge in [-0.1, -0.05) is 26.2 Å². The molecule has 0 rings (SSSR count). The van der Waals surface area contributed by atoms with Crippen LogP contribution in [0.25, 0.3) is 0 Å². The Kier molecular flexibility index (Phi) is 6.75. The van der Waals surface area contributed by atoms with Crippen molar-refractivity contribution >= 4 is 5.97 Å². The molecule has 100 valence electrons. The molecular weight excluding hydrogens is 247 g/mol. The molecule has 0 amide bonds. The third-order valence-corrected chi connectivity index (χ3v) is 1.91. The number of hydrogen-bond donors (Lipinski definition) is 0. The van der Waals surface area contributed by atoms with Crippen molar-refractivity contribution in [2.24, 2.45) is 0 Å². The van der Waals surface area contributed by atoms with Crippen molar-refractivity contribution in [1.82, 2.24) is 0 Å². The van der Waals surface area contributed by atoms with Crippen molar-refractivity contribution in [3.8, 4) is 0 Å². The van der Waals surface area contributed by atoms with Crippen LogP contribution in [0.4, 0.5) is 22.0 Å². The molecule has 0 aromatic heterocycles. The van der Waals surface area contributed by atoms with E-state index < -0.39 is 23.8 Å². The fourth-order valence-corrected chi connectivity index (χ4v) is 1.07. The van der Waals surface area contributed by atoms with E-state index in [1.807, 2.05) is 6.92 Å². The zero-order valence-corrected chi connectivity index (χ0v) is 9.24. The van der Waals surface area contributed by atoms with E-state index in [1.165, 1.54) is 0 Å². The summed E-state index contributed by atoms with van der Waals surface area (Å²) in [5.74, 6) is -2.02. The predicted octanol–water partition coefficient (Wildman–Crippen LogP) is 3.82. The highest BCUT2D eigenvalue weighted by molar-refractivity contribution is 5.90. The standard InChI is InChI=1S/C10H13F5O2/c1-2-3-4-5-6-17-9(16)7(8(11)12)10(13,14)15/h2-6H2,1H3. The Labute approximate surface area is 95.4 Å². The average Bonchev–Trinajstić information content (AvgIpc) is 2.14. The largest absolute Gasteiger partial charge is 0.462 e. The van der Waals surface area contributed by atoms with Gasteiger partial charge in [0.25, 0.3) is 6.08 Å². The molecule has 0 aliphatic carbocycles. The summed E-state index contributed by atoms with van der Waals surface area (Å²) in [6.07, 6.45) is -5.68. The number of ether oxygens (including phenoxy) is 1. The SMILES string of the molecule is CCCCCCOC(=O)C(=C(F)F)C(F)(F)F. The van der Waals surface area contributed by atoms with Gasteiger partial charge in [-0.3, -0.25) is 0 Å². The molecule has 0 bridgehead atoms. The Hall–Kier alpha value is -1.14. The van der Waals surface area contributed by atoms with Gasteiger partial charge in [-0.15, -0.1) is 0 Å². The number of unbranched alkanes of at least 4 members (excludes halogenated alkanes) is 3. The van der Waals surface area contributed by atoms with Crippen molar-refractivity contribution in [3.63, 3.8) is 0 Å². The van der Waals surface area contributed by atoms with Crippen LogP contribution in [0.2, 0.25) is 0 Å². The van der Waals surface area contributed by atoms with Gasteiger partial charge in [0.05, 0.1) is 6.61 Å². The smallest absolute Gasteiger partial charge is 0.428 e. The highest BCUT2D eigenvalue weighted by atomic mass is 19.4. The lowest BCUT2D eigenvalue weighted by atomic mass is 10.2. The highest BCUT2D eigenvalue weighted by Crippen LogP contribution is 2.30. The maximum Gasteiger partial charge on any atom is 0.428 e.